The van der Waals surface area contributed by atoms with Gasteiger partial charge in [0.05, 0.1) is 11.2 Å². The average molecular weight is 155 g/mol. The second kappa shape index (κ2) is 3.27. The van der Waals surface area contributed by atoms with Gasteiger partial charge in [-0.1, -0.05) is 24.4 Å². The number of hydrogen-bond acceptors (Lipinski definition) is 1. The molecule has 0 spiro atoms. The number of rotatable bonds is 2. The standard InChI is InChI=1S/C7H6FNS/c8-6-3-1-2-4-7(6)9-5-10/h1-5H,(H,9,10). The van der Waals surface area contributed by atoms with Gasteiger partial charge in [0.2, 0.25) is 0 Å². The SMILES string of the molecule is Fc1ccccc1NC=S. The second-order valence-corrected chi connectivity index (χ2v) is 1.98. The molecule has 3 heteroatoms. The van der Waals surface area contributed by atoms with Crippen LogP contribution < -0.4 is 5.32 Å². The molecule has 0 fully saturated rings. The third-order valence-electron chi connectivity index (χ3n) is 1.09. The van der Waals surface area contributed by atoms with Gasteiger partial charge in [0.15, 0.2) is 0 Å². The zero-order valence-corrected chi connectivity index (χ0v) is 5.99. The van der Waals surface area contributed by atoms with Crippen molar-refractivity contribution in [3.63, 3.8) is 0 Å². The summed E-state index contributed by atoms with van der Waals surface area (Å²) in [6, 6.07) is 6.37. The predicted octanol–water partition coefficient (Wildman–Crippen LogP) is 2.19. The van der Waals surface area contributed by atoms with Gasteiger partial charge >= 0.3 is 0 Å². The molecule has 0 heterocycles. The Kier molecular flexibility index (Phi) is 2.34. The molecule has 0 aromatic heterocycles. The average Bonchev–Trinajstić information content (AvgIpc) is 1.94. The van der Waals surface area contributed by atoms with Crippen LogP contribution >= 0.6 is 12.2 Å². The first-order valence-corrected chi connectivity index (χ1v) is 3.26. The second-order valence-electron chi connectivity index (χ2n) is 1.74. The largest absolute Gasteiger partial charge is 0.350 e. The number of anilines is 1. The van der Waals surface area contributed by atoms with Crippen molar-refractivity contribution < 1.29 is 4.39 Å². The highest BCUT2D eigenvalue weighted by atomic mass is 32.1. The van der Waals surface area contributed by atoms with Crippen LogP contribution in [0.1, 0.15) is 0 Å². The normalized spacial score (nSPS) is 8.90. The molecule has 0 saturated carbocycles. The smallest absolute Gasteiger partial charge is 0.146 e. The molecule has 0 bridgehead atoms. The summed E-state index contributed by atoms with van der Waals surface area (Å²) < 4.78 is 12.6. The molecule has 0 radical (unpaired) electrons. The van der Waals surface area contributed by atoms with E-state index in [-0.39, 0.29) is 5.82 Å². The Morgan fingerprint density at radius 2 is 2.10 bits per heavy atom. The number of halogens is 1. The number of nitrogens with one attached hydrogen (secondary N) is 1. The van der Waals surface area contributed by atoms with Gasteiger partial charge in [-0.3, -0.25) is 0 Å². The zero-order chi connectivity index (χ0) is 7.40. The van der Waals surface area contributed by atoms with Crippen molar-refractivity contribution in [2.24, 2.45) is 0 Å². The fourth-order valence-electron chi connectivity index (χ4n) is 0.642. The Morgan fingerprint density at radius 1 is 1.40 bits per heavy atom. The van der Waals surface area contributed by atoms with E-state index in [0.717, 1.165) is 0 Å². The number of hydrogen-bond donors (Lipinski definition) is 1. The summed E-state index contributed by atoms with van der Waals surface area (Å²) in [5.74, 6) is -0.288. The van der Waals surface area contributed by atoms with Crippen molar-refractivity contribution in [3.8, 4) is 0 Å². The first-order chi connectivity index (χ1) is 4.84. The van der Waals surface area contributed by atoms with Crippen molar-refractivity contribution in [1.29, 1.82) is 0 Å². The lowest BCUT2D eigenvalue weighted by Crippen LogP contribution is -1.93. The van der Waals surface area contributed by atoms with Crippen LogP contribution in [0.5, 0.6) is 0 Å². The molecule has 1 rings (SSSR count). The number of thiocarbonyl (C=S) groups is 1. The molecular formula is C7H6FNS. The minimum atomic E-state index is -0.288. The van der Waals surface area contributed by atoms with Gasteiger partial charge in [-0.15, -0.1) is 0 Å². The summed E-state index contributed by atoms with van der Waals surface area (Å²) in [5.41, 5.74) is 1.69. The van der Waals surface area contributed by atoms with Crippen LogP contribution in [-0.2, 0) is 0 Å². The van der Waals surface area contributed by atoms with Crippen LogP contribution in [0.15, 0.2) is 24.3 Å². The van der Waals surface area contributed by atoms with Crippen LogP contribution in [0.25, 0.3) is 0 Å². The summed E-state index contributed by atoms with van der Waals surface area (Å²) in [6.07, 6.45) is 0. The van der Waals surface area contributed by atoms with E-state index in [4.69, 9.17) is 0 Å². The van der Waals surface area contributed by atoms with Gasteiger partial charge in [-0.25, -0.2) is 4.39 Å². The lowest BCUT2D eigenvalue weighted by atomic mass is 10.3. The maximum Gasteiger partial charge on any atom is 0.146 e. The monoisotopic (exact) mass is 155 g/mol. The molecule has 0 aliphatic carbocycles. The summed E-state index contributed by atoms with van der Waals surface area (Å²) >= 11 is 4.49. The Hall–Kier alpha value is -0.960. The van der Waals surface area contributed by atoms with Crippen LogP contribution in [0.3, 0.4) is 0 Å². The third kappa shape index (κ3) is 1.51. The molecule has 0 saturated heterocycles. The maximum atomic E-state index is 12.6. The number of benzene rings is 1. The van der Waals surface area contributed by atoms with Gasteiger partial charge in [0.1, 0.15) is 5.82 Å². The van der Waals surface area contributed by atoms with Gasteiger partial charge in [-0.05, 0) is 12.1 Å². The quantitative estimate of drug-likeness (QED) is 0.657. The molecule has 1 nitrogen and oxygen atoms in total. The molecule has 1 aromatic rings. The predicted molar refractivity (Wildman–Crippen MR) is 43.7 cm³/mol. The fraction of sp³-hybridized carbons (Fsp3) is 0. The highest BCUT2D eigenvalue weighted by Gasteiger charge is 1.94. The van der Waals surface area contributed by atoms with Crippen molar-refractivity contribution in [2.75, 3.05) is 5.32 Å². The lowest BCUT2D eigenvalue weighted by molar-refractivity contribution is 0.632. The van der Waals surface area contributed by atoms with Gasteiger partial charge in [0, 0.05) is 0 Å². The van der Waals surface area contributed by atoms with E-state index in [1.54, 1.807) is 18.2 Å². The molecular weight excluding hydrogens is 149 g/mol. The van der Waals surface area contributed by atoms with E-state index in [9.17, 15) is 4.39 Å². The van der Waals surface area contributed by atoms with E-state index in [1.165, 1.54) is 11.6 Å². The summed E-state index contributed by atoms with van der Waals surface area (Å²) in [7, 11) is 0. The third-order valence-corrected chi connectivity index (χ3v) is 1.21. The van der Waals surface area contributed by atoms with E-state index in [2.05, 4.69) is 17.5 Å². The van der Waals surface area contributed by atoms with E-state index in [0.29, 0.717) is 5.69 Å². The highest BCUT2D eigenvalue weighted by molar-refractivity contribution is 7.79. The van der Waals surface area contributed by atoms with Crippen LogP contribution in [0, 0.1) is 5.82 Å². The summed E-state index contributed by atoms with van der Waals surface area (Å²) in [4.78, 5) is 0. The van der Waals surface area contributed by atoms with E-state index < -0.39 is 0 Å². The molecule has 0 atom stereocenters. The topological polar surface area (TPSA) is 12.0 Å². The highest BCUT2D eigenvalue weighted by Crippen LogP contribution is 2.10. The van der Waals surface area contributed by atoms with E-state index >= 15 is 0 Å². The Labute approximate surface area is 63.9 Å². The summed E-state index contributed by atoms with van der Waals surface area (Å²) in [6.45, 7) is 0. The van der Waals surface area contributed by atoms with Gasteiger partial charge < -0.3 is 5.32 Å². The minimum absolute atomic E-state index is 0.288. The van der Waals surface area contributed by atoms with E-state index in [1.807, 2.05) is 0 Å². The minimum Gasteiger partial charge on any atom is -0.350 e. The van der Waals surface area contributed by atoms with Crippen molar-refractivity contribution in [2.45, 2.75) is 0 Å². The van der Waals surface area contributed by atoms with Crippen molar-refractivity contribution >= 4 is 23.4 Å². The first-order valence-electron chi connectivity index (χ1n) is 2.79. The maximum absolute atomic E-state index is 12.6. The molecule has 1 N–H and O–H groups in total. The molecule has 0 aliphatic rings. The Morgan fingerprint density at radius 3 is 2.70 bits per heavy atom. The molecule has 0 unspecified atom stereocenters. The molecule has 0 amide bonds. The lowest BCUT2D eigenvalue weighted by Gasteiger charge is -1.98. The molecule has 52 valence electrons. The van der Waals surface area contributed by atoms with Crippen LogP contribution in [0.2, 0.25) is 0 Å². The van der Waals surface area contributed by atoms with Crippen LogP contribution in [0.4, 0.5) is 10.1 Å². The van der Waals surface area contributed by atoms with Gasteiger partial charge in [-0.2, -0.15) is 0 Å². The molecule has 0 aliphatic heterocycles. The fourth-order valence-corrected chi connectivity index (χ4v) is 0.769. The van der Waals surface area contributed by atoms with Gasteiger partial charge in [0.25, 0.3) is 0 Å². The molecule has 10 heavy (non-hydrogen) atoms. The van der Waals surface area contributed by atoms with Crippen LogP contribution in [-0.4, -0.2) is 5.49 Å². The molecule has 1 aromatic carbocycles. The van der Waals surface area contributed by atoms with Crippen molar-refractivity contribution in [1.82, 2.24) is 0 Å². The Bertz CT molecular complexity index is 237. The Balaban J connectivity index is 2.91. The zero-order valence-electron chi connectivity index (χ0n) is 5.17. The first kappa shape index (κ1) is 7.15. The number of para-hydroxylation sites is 1. The van der Waals surface area contributed by atoms with Crippen molar-refractivity contribution in [3.05, 3.63) is 30.1 Å². The summed E-state index contributed by atoms with van der Waals surface area (Å²) in [5, 5.41) is 2.59.